The van der Waals surface area contributed by atoms with Gasteiger partial charge in [-0.05, 0) is 103 Å². The molecule has 0 aromatic heterocycles. The van der Waals surface area contributed by atoms with Gasteiger partial charge < -0.3 is 14.2 Å². The second kappa shape index (κ2) is 60.9. The second-order valence-corrected chi connectivity index (χ2v) is 21.3. The molecule has 0 saturated heterocycles. The molecule has 72 heavy (non-hydrogen) atoms. The van der Waals surface area contributed by atoms with Crippen LogP contribution in [0, 0.1) is 0 Å². The number of carbonyl (C=O) groups is 3. The summed E-state index contributed by atoms with van der Waals surface area (Å²) in [6, 6.07) is 0. The molecule has 0 spiro atoms. The Morgan fingerprint density at radius 3 is 0.806 bits per heavy atom. The van der Waals surface area contributed by atoms with Crippen molar-refractivity contribution in [3.8, 4) is 0 Å². The lowest BCUT2D eigenvalue weighted by atomic mass is 10.1. The van der Waals surface area contributed by atoms with E-state index in [1.54, 1.807) is 0 Å². The molecular weight excluding hydrogens is 889 g/mol. The molecular formula is C66H120O6. The van der Waals surface area contributed by atoms with E-state index in [0.717, 1.165) is 70.6 Å². The molecule has 0 bridgehead atoms. The van der Waals surface area contributed by atoms with Gasteiger partial charge in [-0.15, -0.1) is 0 Å². The van der Waals surface area contributed by atoms with Gasteiger partial charge in [-0.1, -0.05) is 262 Å². The van der Waals surface area contributed by atoms with Gasteiger partial charge in [0.1, 0.15) is 13.2 Å². The van der Waals surface area contributed by atoms with E-state index in [2.05, 4.69) is 69.4 Å². The minimum Gasteiger partial charge on any atom is -0.462 e. The molecule has 0 amide bonds. The average molecular weight is 1010 g/mol. The molecule has 0 aliphatic carbocycles. The van der Waals surface area contributed by atoms with Crippen LogP contribution in [0.3, 0.4) is 0 Å². The van der Waals surface area contributed by atoms with Crippen molar-refractivity contribution in [2.75, 3.05) is 13.2 Å². The lowest BCUT2D eigenvalue weighted by molar-refractivity contribution is -0.167. The third-order valence-electron chi connectivity index (χ3n) is 14.0. The van der Waals surface area contributed by atoms with Crippen LogP contribution >= 0.6 is 0 Å². The Hall–Kier alpha value is -2.63. The van der Waals surface area contributed by atoms with Crippen LogP contribution in [-0.4, -0.2) is 37.2 Å². The van der Waals surface area contributed by atoms with Crippen LogP contribution in [0.5, 0.6) is 0 Å². The molecule has 0 aromatic rings. The normalized spacial score (nSPS) is 12.3. The van der Waals surface area contributed by atoms with Gasteiger partial charge in [0.25, 0.3) is 0 Å². The fourth-order valence-electron chi connectivity index (χ4n) is 9.23. The molecule has 0 aliphatic rings. The van der Waals surface area contributed by atoms with Crippen LogP contribution in [0.25, 0.3) is 0 Å². The van der Waals surface area contributed by atoms with Crippen LogP contribution in [0.1, 0.15) is 335 Å². The fourth-order valence-corrected chi connectivity index (χ4v) is 9.23. The van der Waals surface area contributed by atoms with Crippen molar-refractivity contribution in [1.29, 1.82) is 0 Å². The number of rotatable bonds is 58. The molecule has 0 aromatic carbocycles. The number of unbranched alkanes of at least 4 members (excludes halogenated alkanes) is 39. The molecule has 0 radical (unpaired) electrons. The van der Waals surface area contributed by atoms with Crippen molar-refractivity contribution in [3.05, 3.63) is 48.6 Å². The first-order chi connectivity index (χ1) is 35.5. The summed E-state index contributed by atoms with van der Waals surface area (Å²) in [5.41, 5.74) is 0. The SMILES string of the molecule is CCCCC/C=C\C/C=C\CCCCCCCCCCCC(=O)OC(COC(=O)CCCCCCC/C=C\CCCCCCC)COC(=O)CCCCCCCCCCC/C=C\CCCCCCCCCC. The highest BCUT2D eigenvalue weighted by atomic mass is 16.6. The van der Waals surface area contributed by atoms with Crippen molar-refractivity contribution in [2.45, 2.75) is 341 Å². The standard InChI is InChI=1S/C66H120O6/c1-4-7-10-13-16-19-22-25-28-30-32-33-35-36-38-41-44-47-50-53-56-59-65(68)71-62-63(61-70-64(67)58-55-52-49-46-43-40-27-24-21-18-15-12-9-6-3)72-66(69)60-57-54-51-48-45-42-39-37-34-31-29-26-23-20-17-14-11-8-5-2/h17,20,24,26-27,29-30,32,63H,4-16,18-19,21-23,25,28,31,33-62H2,1-3H3/b20-17-,27-24-,29-26-,32-30-. The summed E-state index contributed by atoms with van der Waals surface area (Å²) in [5, 5.41) is 0. The first-order valence-electron chi connectivity index (χ1n) is 31.6. The molecule has 0 saturated carbocycles. The van der Waals surface area contributed by atoms with Gasteiger partial charge in [-0.3, -0.25) is 14.4 Å². The van der Waals surface area contributed by atoms with E-state index in [1.807, 2.05) is 0 Å². The summed E-state index contributed by atoms with van der Waals surface area (Å²) in [6.45, 7) is 6.64. The van der Waals surface area contributed by atoms with Crippen LogP contribution in [0.15, 0.2) is 48.6 Å². The Morgan fingerprint density at radius 1 is 0.278 bits per heavy atom. The molecule has 1 unspecified atom stereocenters. The number of hydrogen-bond acceptors (Lipinski definition) is 6. The van der Waals surface area contributed by atoms with E-state index in [-0.39, 0.29) is 31.1 Å². The second-order valence-electron chi connectivity index (χ2n) is 21.3. The van der Waals surface area contributed by atoms with E-state index in [0.29, 0.717) is 19.3 Å². The molecule has 0 heterocycles. The topological polar surface area (TPSA) is 78.9 Å². The summed E-state index contributed by atoms with van der Waals surface area (Å²) < 4.78 is 16.9. The molecule has 6 heteroatoms. The van der Waals surface area contributed by atoms with Gasteiger partial charge in [0, 0.05) is 19.3 Å². The minimum atomic E-state index is -0.779. The zero-order valence-electron chi connectivity index (χ0n) is 48.2. The lowest BCUT2D eigenvalue weighted by Gasteiger charge is -2.18. The first kappa shape index (κ1) is 69.4. The minimum absolute atomic E-state index is 0.0764. The summed E-state index contributed by atoms with van der Waals surface area (Å²) in [7, 11) is 0. The fraction of sp³-hybridized carbons (Fsp3) is 0.833. The molecule has 0 aliphatic heterocycles. The molecule has 0 N–H and O–H groups in total. The average Bonchev–Trinajstić information content (AvgIpc) is 3.38. The summed E-state index contributed by atoms with van der Waals surface area (Å²) in [4.78, 5) is 38.3. The van der Waals surface area contributed by atoms with Gasteiger partial charge in [-0.2, -0.15) is 0 Å². The quantitative estimate of drug-likeness (QED) is 0.0261. The van der Waals surface area contributed by atoms with Crippen LogP contribution in [-0.2, 0) is 28.6 Å². The van der Waals surface area contributed by atoms with E-state index in [4.69, 9.17) is 14.2 Å². The number of allylic oxidation sites excluding steroid dienone is 8. The van der Waals surface area contributed by atoms with Crippen molar-refractivity contribution in [3.63, 3.8) is 0 Å². The maximum absolute atomic E-state index is 12.9. The Kier molecular flexibility index (Phi) is 58.7. The van der Waals surface area contributed by atoms with Crippen molar-refractivity contribution in [1.82, 2.24) is 0 Å². The monoisotopic (exact) mass is 1010 g/mol. The zero-order chi connectivity index (χ0) is 52.2. The van der Waals surface area contributed by atoms with E-state index in [9.17, 15) is 14.4 Å². The van der Waals surface area contributed by atoms with Crippen LogP contribution in [0.4, 0.5) is 0 Å². The molecule has 420 valence electrons. The highest BCUT2D eigenvalue weighted by Gasteiger charge is 2.19. The summed E-state index contributed by atoms with van der Waals surface area (Å²) in [5.74, 6) is -0.873. The maximum atomic E-state index is 12.9. The van der Waals surface area contributed by atoms with Crippen molar-refractivity contribution in [2.24, 2.45) is 0 Å². The molecule has 6 nitrogen and oxygen atoms in total. The smallest absolute Gasteiger partial charge is 0.306 e. The Labute approximate surface area is 448 Å². The highest BCUT2D eigenvalue weighted by molar-refractivity contribution is 5.71. The molecule has 0 rings (SSSR count). The Morgan fingerprint density at radius 2 is 0.500 bits per heavy atom. The molecule has 1 atom stereocenters. The van der Waals surface area contributed by atoms with E-state index >= 15 is 0 Å². The summed E-state index contributed by atoms with van der Waals surface area (Å²) >= 11 is 0. The third-order valence-corrected chi connectivity index (χ3v) is 14.0. The zero-order valence-corrected chi connectivity index (χ0v) is 48.2. The molecule has 0 fully saturated rings. The van der Waals surface area contributed by atoms with E-state index < -0.39 is 6.10 Å². The predicted molar refractivity (Wildman–Crippen MR) is 312 cm³/mol. The van der Waals surface area contributed by atoms with E-state index in [1.165, 1.54) is 225 Å². The van der Waals surface area contributed by atoms with Crippen LogP contribution in [0.2, 0.25) is 0 Å². The number of esters is 3. The van der Waals surface area contributed by atoms with Crippen LogP contribution < -0.4 is 0 Å². The van der Waals surface area contributed by atoms with Crippen molar-refractivity contribution >= 4 is 17.9 Å². The highest BCUT2D eigenvalue weighted by Crippen LogP contribution is 2.16. The van der Waals surface area contributed by atoms with Gasteiger partial charge in [0.15, 0.2) is 6.10 Å². The number of ether oxygens (including phenoxy) is 3. The largest absolute Gasteiger partial charge is 0.462 e. The maximum Gasteiger partial charge on any atom is 0.306 e. The van der Waals surface area contributed by atoms with Gasteiger partial charge >= 0.3 is 17.9 Å². The Bertz CT molecular complexity index is 1250. The Balaban J connectivity index is 4.33. The lowest BCUT2D eigenvalue weighted by Crippen LogP contribution is -2.30. The first-order valence-corrected chi connectivity index (χ1v) is 31.6. The number of hydrogen-bond donors (Lipinski definition) is 0. The van der Waals surface area contributed by atoms with Crippen molar-refractivity contribution < 1.29 is 28.6 Å². The third kappa shape index (κ3) is 58.3. The van der Waals surface area contributed by atoms with Gasteiger partial charge in [-0.25, -0.2) is 0 Å². The summed E-state index contributed by atoms with van der Waals surface area (Å²) in [6.07, 6.45) is 75.4. The van der Waals surface area contributed by atoms with Gasteiger partial charge in [0.2, 0.25) is 0 Å². The van der Waals surface area contributed by atoms with Gasteiger partial charge in [0.05, 0.1) is 0 Å². The predicted octanol–water partition coefficient (Wildman–Crippen LogP) is 21.4. The number of carbonyl (C=O) groups excluding carboxylic acids is 3.